The first-order valence-corrected chi connectivity index (χ1v) is 15.2. The van der Waals surface area contributed by atoms with Crippen LogP contribution in [0.2, 0.25) is 0 Å². The van der Waals surface area contributed by atoms with Gasteiger partial charge < -0.3 is 20.0 Å². The van der Waals surface area contributed by atoms with Gasteiger partial charge in [-0.3, -0.25) is 33.1 Å². The number of amides is 4. The second-order valence-corrected chi connectivity index (χ2v) is 12.0. The Labute approximate surface area is 255 Å². The molecule has 0 radical (unpaired) electrons. The molecule has 1 aliphatic heterocycles. The molecule has 13 heteroatoms. The molecule has 0 spiro atoms. The molecule has 2 bridgehead atoms. The lowest BCUT2D eigenvalue weighted by atomic mass is 9.90. The first-order valence-electron chi connectivity index (χ1n) is 15.2. The predicted molar refractivity (Wildman–Crippen MR) is 162 cm³/mol. The van der Waals surface area contributed by atoms with Gasteiger partial charge in [0.1, 0.15) is 11.2 Å². The van der Waals surface area contributed by atoms with E-state index in [1.54, 1.807) is 45.9 Å². The molecule has 1 aliphatic carbocycles. The third-order valence-electron chi connectivity index (χ3n) is 8.47. The Kier molecular flexibility index (Phi) is 9.12. The van der Waals surface area contributed by atoms with Gasteiger partial charge in [-0.2, -0.15) is 5.10 Å². The van der Waals surface area contributed by atoms with Crippen molar-refractivity contribution in [3.63, 3.8) is 0 Å². The van der Waals surface area contributed by atoms with E-state index < -0.39 is 11.5 Å². The van der Waals surface area contributed by atoms with Crippen molar-refractivity contribution in [2.24, 2.45) is 13.0 Å². The predicted octanol–water partition coefficient (Wildman–Crippen LogP) is 0.894. The summed E-state index contributed by atoms with van der Waals surface area (Å²) in [4.78, 5) is 76.1. The standard InChI is InChI=1S/C31H40N8O5/c1-20(2)18-38-19-27(41)35(3)21-10-11-24-22(16-21)28(34-36(24)4)29(42)32-12-15-37(13-7-9-26(38)40)30(43)23-17-33-25-8-5-6-14-39(25)31(23)44/h5-6,8,14,17,20-21H,7,9-13,15-16,18-19H2,1-4H3,(H,32,42). The van der Waals surface area contributed by atoms with Crippen LogP contribution >= 0.6 is 0 Å². The van der Waals surface area contributed by atoms with E-state index in [1.165, 1.54) is 15.5 Å². The van der Waals surface area contributed by atoms with E-state index in [9.17, 15) is 24.0 Å². The fourth-order valence-electron chi connectivity index (χ4n) is 6.08. The molecule has 3 aromatic rings. The summed E-state index contributed by atoms with van der Waals surface area (Å²) in [5, 5.41) is 7.39. The average molecular weight is 605 g/mol. The van der Waals surface area contributed by atoms with Crippen molar-refractivity contribution in [2.75, 3.05) is 39.8 Å². The minimum Gasteiger partial charge on any atom is -0.349 e. The fraction of sp³-hybridized carbons (Fsp3) is 0.516. The van der Waals surface area contributed by atoms with Gasteiger partial charge in [0.25, 0.3) is 17.4 Å². The van der Waals surface area contributed by atoms with Crippen LogP contribution in [0.4, 0.5) is 0 Å². The van der Waals surface area contributed by atoms with Crippen LogP contribution in [0.15, 0.2) is 35.4 Å². The monoisotopic (exact) mass is 604 g/mol. The van der Waals surface area contributed by atoms with Gasteiger partial charge in [0.05, 0.1) is 6.54 Å². The highest BCUT2D eigenvalue weighted by atomic mass is 16.2. The molecule has 1 N–H and O–H groups in total. The quantitative estimate of drug-likeness (QED) is 0.468. The maximum atomic E-state index is 13.7. The molecular formula is C31H40N8O5. The number of carbonyl (C=O) groups excluding carboxylic acids is 4. The van der Waals surface area contributed by atoms with Crippen molar-refractivity contribution >= 4 is 29.3 Å². The summed E-state index contributed by atoms with van der Waals surface area (Å²) in [7, 11) is 3.57. The SMILES string of the molecule is CC(C)CN1CC(=O)N(C)C2CCc3c(c(nn3C)C(=O)NCCN(C(=O)c3cnc4ccccn4c3=O)CCCC1=O)C2. The molecule has 0 aromatic carbocycles. The van der Waals surface area contributed by atoms with Crippen molar-refractivity contribution in [2.45, 2.75) is 52.0 Å². The zero-order valence-corrected chi connectivity index (χ0v) is 25.8. The zero-order chi connectivity index (χ0) is 31.5. The number of likely N-dealkylation sites (N-methyl/N-ethyl adjacent to an activating group) is 1. The third kappa shape index (κ3) is 6.36. The number of rotatable bonds is 3. The third-order valence-corrected chi connectivity index (χ3v) is 8.47. The van der Waals surface area contributed by atoms with E-state index in [2.05, 4.69) is 15.4 Å². The number of fused-ring (bicyclic) bond motifs is 2. The van der Waals surface area contributed by atoms with Crippen LogP contribution in [0, 0.1) is 5.92 Å². The van der Waals surface area contributed by atoms with Gasteiger partial charge >= 0.3 is 0 Å². The molecular weight excluding hydrogens is 564 g/mol. The fourth-order valence-corrected chi connectivity index (χ4v) is 6.08. The van der Waals surface area contributed by atoms with E-state index in [1.807, 2.05) is 20.9 Å². The lowest BCUT2D eigenvalue weighted by Gasteiger charge is -2.34. The van der Waals surface area contributed by atoms with Crippen LogP contribution in [-0.2, 0) is 29.5 Å². The summed E-state index contributed by atoms with van der Waals surface area (Å²) in [5.74, 6) is -1.07. The lowest BCUT2D eigenvalue weighted by Crippen LogP contribution is -2.47. The Hall–Kier alpha value is -4.55. The summed E-state index contributed by atoms with van der Waals surface area (Å²) < 4.78 is 3.03. The van der Waals surface area contributed by atoms with Crippen LogP contribution < -0.4 is 10.9 Å². The number of pyridine rings is 1. The van der Waals surface area contributed by atoms with Crippen LogP contribution in [0.25, 0.3) is 5.65 Å². The van der Waals surface area contributed by atoms with E-state index in [0.29, 0.717) is 37.1 Å². The topological polar surface area (TPSA) is 142 Å². The Morgan fingerprint density at radius 2 is 1.86 bits per heavy atom. The van der Waals surface area contributed by atoms with Crippen molar-refractivity contribution in [1.82, 2.24) is 39.2 Å². The molecule has 5 rings (SSSR count). The molecule has 1 unspecified atom stereocenters. The Morgan fingerprint density at radius 1 is 1.07 bits per heavy atom. The Balaban J connectivity index is 1.45. The molecule has 4 heterocycles. The average Bonchev–Trinajstić information content (AvgIpc) is 3.34. The van der Waals surface area contributed by atoms with Gasteiger partial charge in [0, 0.05) is 76.4 Å². The molecule has 1 atom stereocenters. The van der Waals surface area contributed by atoms with E-state index in [-0.39, 0.29) is 67.8 Å². The summed E-state index contributed by atoms with van der Waals surface area (Å²) in [6, 6.07) is 4.99. The number of nitrogens with zero attached hydrogens (tertiary/aromatic N) is 7. The second-order valence-electron chi connectivity index (χ2n) is 12.0. The summed E-state index contributed by atoms with van der Waals surface area (Å²) in [5.41, 5.74) is 1.90. The van der Waals surface area contributed by atoms with E-state index in [0.717, 1.165) is 17.7 Å². The Morgan fingerprint density at radius 3 is 2.64 bits per heavy atom. The Bertz CT molecular complexity index is 1640. The van der Waals surface area contributed by atoms with Crippen LogP contribution in [-0.4, -0.2) is 103 Å². The first-order chi connectivity index (χ1) is 21.0. The van der Waals surface area contributed by atoms with Gasteiger partial charge in [-0.15, -0.1) is 0 Å². The molecule has 234 valence electrons. The molecule has 2 aliphatic rings. The van der Waals surface area contributed by atoms with Gasteiger partial charge in [-0.25, -0.2) is 4.98 Å². The molecule has 13 nitrogen and oxygen atoms in total. The van der Waals surface area contributed by atoms with Gasteiger partial charge in [0.15, 0.2) is 5.69 Å². The molecule has 0 saturated heterocycles. The minimum atomic E-state index is -0.533. The number of hydrogen-bond donors (Lipinski definition) is 1. The molecule has 3 aromatic heterocycles. The summed E-state index contributed by atoms with van der Waals surface area (Å²) in [6.07, 6.45) is 5.14. The van der Waals surface area contributed by atoms with Crippen molar-refractivity contribution < 1.29 is 19.2 Å². The number of nitrogens with one attached hydrogen (secondary N) is 1. The maximum absolute atomic E-state index is 13.7. The van der Waals surface area contributed by atoms with Gasteiger partial charge in [-0.05, 0) is 43.7 Å². The number of hydrogen-bond acceptors (Lipinski definition) is 7. The smallest absolute Gasteiger partial charge is 0.272 e. The van der Waals surface area contributed by atoms with E-state index in [4.69, 9.17) is 0 Å². The largest absolute Gasteiger partial charge is 0.349 e. The molecule has 4 amide bonds. The summed E-state index contributed by atoms with van der Waals surface area (Å²) in [6.45, 7) is 4.79. The normalized spacial score (nSPS) is 19.0. The van der Waals surface area contributed by atoms with Crippen molar-refractivity contribution in [3.8, 4) is 0 Å². The van der Waals surface area contributed by atoms with Crippen molar-refractivity contribution in [1.29, 1.82) is 0 Å². The highest BCUT2D eigenvalue weighted by Gasteiger charge is 2.33. The second kappa shape index (κ2) is 13.0. The van der Waals surface area contributed by atoms with Gasteiger partial charge in [-0.1, -0.05) is 19.9 Å². The molecule has 44 heavy (non-hydrogen) atoms. The molecule has 0 saturated carbocycles. The van der Waals surface area contributed by atoms with Crippen molar-refractivity contribution in [3.05, 3.63) is 63.5 Å². The van der Waals surface area contributed by atoms with Crippen LogP contribution in [0.3, 0.4) is 0 Å². The first kappa shape index (κ1) is 30.9. The molecule has 0 fully saturated rings. The number of aromatic nitrogens is 4. The lowest BCUT2D eigenvalue weighted by molar-refractivity contribution is -0.141. The highest BCUT2D eigenvalue weighted by molar-refractivity contribution is 5.95. The summed E-state index contributed by atoms with van der Waals surface area (Å²) >= 11 is 0. The number of aryl methyl sites for hydroxylation is 1. The van der Waals surface area contributed by atoms with Crippen LogP contribution in [0.1, 0.15) is 65.2 Å². The van der Waals surface area contributed by atoms with E-state index >= 15 is 0 Å². The number of carbonyl (C=O) groups is 4. The van der Waals surface area contributed by atoms with Gasteiger partial charge in [0.2, 0.25) is 11.8 Å². The minimum absolute atomic E-state index is 0.0422. The van der Waals surface area contributed by atoms with Crippen LogP contribution in [0.5, 0.6) is 0 Å². The maximum Gasteiger partial charge on any atom is 0.272 e. The zero-order valence-electron chi connectivity index (χ0n) is 25.8. The highest BCUT2D eigenvalue weighted by Crippen LogP contribution is 2.27.